The molecule has 0 saturated carbocycles. The Morgan fingerprint density at radius 3 is 2.12 bits per heavy atom. The molecule has 0 aliphatic carbocycles. The van der Waals surface area contributed by atoms with Crippen LogP contribution in [0, 0.1) is 0 Å². The van der Waals surface area contributed by atoms with Gasteiger partial charge >= 0.3 is 0 Å². The van der Waals surface area contributed by atoms with Gasteiger partial charge in [0.05, 0.1) is 33.8 Å². The summed E-state index contributed by atoms with van der Waals surface area (Å²) >= 11 is 18.2. The standard InChI is InChI=1S/C18H16Cl3N3O2/c1-3-25-15-7-11-14(8-16(15)26-4-2)22-9-23-18(11)24-10-5-12(19)17(21)13(20)6-10/h5-9H,3-4H2,1-2H3,(H,22,23,24). The van der Waals surface area contributed by atoms with Crippen molar-refractivity contribution in [3.8, 4) is 11.5 Å². The van der Waals surface area contributed by atoms with Gasteiger partial charge in [-0.15, -0.1) is 0 Å². The Morgan fingerprint density at radius 1 is 0.885 bits per heavy atom. The van der Waals surface area contributed by atoms with Crippen molar-refractivity contribution in [3.63, 3.8) is 0 Å². The van der Waals surface area contributed by atoms with Crippen LogP contribution in [0.5, 0.6) is 11.5 Å². The third-order valence-corrected chi connectivity index (χ3v) is 4.74. The molecule has 0 spiro atoms. The molecule has 26 heavy (non-hydrogen) atoms. The van der Waals surface area contributed by atoms with Gasteiger partial charge in [0, 0.05) is 17.1 Å². The first-order valence-electron chi connectivity index (χ1n) is 7.99. The molecule has 2 aromatic carbocycles. The summed E-state index contributed by atoms with van der Waals surface area (Å²) in [5, 5.41) is 5.00. The van der Waals surface area contributed by atoms with Crippen molar-refractivity contribution >= 4 is 57.2 Å². The van der Waals surface area contributed by atoms with E-state index in [1.54, 1.807) is 12.1 Å². The number of benzene rings is 2. The van der Waals surface area contributed by atoms with Crippen molar-refractivity contribution in [2.45, 2.75) is 13.8 Å². The molecule has 136 valence electrons. The van der Waals surface area contributed by atoms with Crippen molar-refractivity contribution < 1.29 is 9.47 Å². The van der Waals surface area contributed by atoms with E-state index in [0.29, 0.717) is 51.3 Å². The van der Waals surface area contributed by atoms with Crippen LogP contribution in [0.15, 0.2) is 30.6 Å². The fourth-order valence-electron chi connectivity index (χ4n) is 2.46. The van der Waals surface area contributed by atoms with Gasteiger partial charge in [0.1, 0.15) is 12.1 Å². The summed E-state index contributed by atoms with van der Waals surface area (Å²) in [5.74, 6) is 1.87. The molecule has 0 bridgehead atoms. The Labute approximate surface area is 166 Å². The zero-order valence-corrected chi connectivity index (χ0v) is 16.4. The first-order chi connectivity index (χ1) is 12.5. The molecule has 5 nitrogen and oxygen atoms in total. The largest absolute Gasteiger partial charge is 0.490 e. The maximum absolute atomic E-state index is 6.10. The molecule has 0 amide bonds. The molecule has 0 radical (unpaired) electrons. The molecular formula is C18H16Cl3N3O2. The number of rotatable bonds is 6. The lowest BCUT2D eigenvalue weighted by Crippen LogP contribution is -2.01. The molecule has 0 fully saturated rings. The molecule has 0 aliphatic rings. The number of nitrogens with one attached hydrogen (secondary N) is 1. The molecule has 3 rings (SSSR count). The van der Waals surface area contributed by atoms with Gasteiger partial charge < -0.3 is 14.8 Å². The number of halogens is 3. The van der Waals surface area contributed by atoms with Gasteiger partial charge in [0.25, 0.3) is 0 Å². The van der Waals surface area contributed by atoms with Crippen molar-refractivity contribution in [2.24, 2.45) is 0 Å². The Hall–Kier alpha value is -1.95. The monoisotopic (exact) mass is 411 g/mol. The molecule has 1 heterocycles. The number of anilines is 2. The zero-order chi connectivity index (χ0) is 18.7. The Bertz CT molecular complexity index is 927. The SMILES string of the molecule is CCOc1cc2ncnc(Nc3cc(Cl)c(Cl)c(Cl)c3)c2cc1OCC. The normalized spacial score (nSPS) is 10.8. The Balaban J connectivity index is 2.07. The highest BCUT2D eigenvalue weighted by atomic mass is 35.5. The second-order valence-corrected chi connectivity index (χ2v) is 6.48. The molecule has 1 aromatic heterocycles. The lowest BCUT2D eigenvalue weighted by molar-refractivity contribution is 0.288. The van der Waals surface area contributed by atoms with Crippen LogP contribution in [0.4, 0.5) is 11.5 Å². The van der Waals surface area contributed by atoms with Gasteiger partial charge in [0.2, 0.25) is 0 Å². The maximum Gasteiger partial charge on any atom is 0.163 e. The average molecular weight is 413 g/mol. The minimum atomic E-state index is 0.311. The van der Waals surface area contributed by atoms with E-state index in [4.69, 9.17) is 44.3 Å². The fourth-order valence-corrected chi connectivity index (χ4v) is 3.06. The summed E-state index contributed by atoms with van der Waals surface area (Å²) in [6.07, 6.45) is 1.47. The van der Waals surface area contributed by atoms with Crippen LogP contribution in [-0.2, 0) is 0 Å². The van der Waals surface area contributed by atoms with Crippen LogP contribution in [0.1, 0.15) is 13.8 Å². The predicted octanol–water partition coefficient (Wildman–Crippen LogP) is 6.13. The summed E-state index contributed by atoms with van der Waals surface area (Å²) in [6.45, 7) is 4.88. The van der Waals surface area contributed by atoms with Gasteiger partial charge in [-0.3, -0.25) is 0 Å². The highest BCUT2D eigenvalue weighted by Gasteiger charge is 2.13. The van der Waals surface area contributed by atoms with Crippen LogP contribution >= 0.6 is 34.8 Å². The van der Waals surface area contributed by atoms with Crippen LogP contribution in [-0.4, -0.2) is 23.2 Å². The van der Waals surface area contributed by atoms with E-state index in [1.807, 2.05) is 26.0 Å². The topological polar surface area (TPSA) is 56.3 Å². The number of ether oxygens (including phenoxy) is 2. The molecule has 0 saturated heterocycles. The van der Waals surface area contributed by atoms with Gasteiger partial charge in [-0.25, -0.2) is 9.97 Å². The molecular weight excluding hydrogens is 397 g/mol. The van der Waals surface area contributed by atoms with Crippen LogP contribution < -0.4 is 14.8 Å². The Morgan fingerprint density at radius 2 is 1.50 bits per heavy atom. The quantitative estimate of drug-likeness (QED) is 0.493. The summed E-state index contributed by atoms with van der Waals surface area (Å²) in [4.78, 5) is 8.64. The number of hydrogen-bond donors (Lipinski definition) is 1. The second kappa shape index (κ2) is 8.16. The van der Waals surface area contributed by atoms with Gasteiger partial charge in [-0.1, -0.05) is 34.8 Å². The number of nitrogens with zero attached hydrogens (tertiary/aromatic N) is 2. The first kappa shape index (κ1) is 18.8. The summed E-state index contributed by atoms with van der Waals surface area (Å²) < 4.78 is 11.3. The highest BCUT2D eigenvalue weighted by Crippen LogP contribution is 2.37. The van der Waals surface area contributed by atoms with Crippen molar-refractivity contribution in [1.29, 1.82) is 0 Å². The van der Waals surface area contributed by atoms with E-state index in [9.17, 15) is 0 Å². The molecule has 3 aromatic rings. The minimum absolute atomic E-state index is 0.311. The van der Waals surface area contributed by atoms with Crippen molar-refractivity contribution in [1.82, 2.24) is 9.97 Å². The maximum atomic E-state index is 6.10. The van der Waals surface area contributed by atoms with Crippen molar-refractivity contribution in [2.75, 3.05) is 18.5 Å². The molecule has 0 atom stereocenters. The molecule has 1 N–H and O–H groups in total. The lowest BCUT2D eigenvalue weighted by atomic mass is 10.2. The van der Waals surface area contributed by atoms with Gasteiger partial charge in [-0.2, -0.15) is 0 Å². The lowest BCUT2D eigenvalue weighted by Gasteiger charge is -2.14. The van der Waals surface area contributed by atoms with E-state index in [2.05, 4.69) is 15.3 Å². The van der Waals surface area contributed by atoms with Crippen molar-refractivity contribution in [3.05, 3.63) is 45.7 Å². The number of fused-ring (bicyclic) bond motifs is 1. The summed E-state index contributed by atoms with van der Waals surface area (Å²) in [5.41, 5.74) is 1.39. The molecule has 0 aliphatic heterocycles. The summed E-state index contributed by atoms with van der Waals surface area (Å²) in [6, 6.07) is 7.05. The minimum Gasteiger partial charge on any atom is -0.490 e. The van der Waals surface area contributed by atoms with E-state index in [-0.39, 0.29) is 0 Å². The van der Waals surface area contributed by atoms with Crippen LogP contribution in [0.25, 0.3) is 10.9 Å². The number of aromatic nitrogens is 2. The smallest absolute Gasteiger partial charge is 0.163 e. The third-order valence-electron chi connectivity index (χ3n) is 3.55. The number of hydrogen-bond acceptors (Lipinski definition) is 5. The third kappa shape index (κ3) is 3.90. The fraction of sp³-hybridized carbons (Fsp3) is 0.222. The average Bonchev–Trinajstić information content (AvgIpc) is 2.61. The van der Waals surface area contributed by atoms with Gasteiger partial charge in [-0.05, 0) is 32.0 Å². The summed E-state index contributed by atoms with van der Waals surface area (Å²) in [7, 11) is 0. The van der Waals surface area contributed by atoms with E-state index in [0.717, 1.165) is 10.9 Å². The first-order valence-corrected chi connectivity index (χ1v) is 9.12. The van der Waals surface area contributed by atoms with E-state index in [1.165, 1.54) is 6.33 Å². The van der Waals surface area contributed by atoms with E-state index < -0.39 is 0 Å². The van der Waals surface area contributed by atoms with Gasteiger partial charge in [0.15, 0.2) is 11.5 Å². The zero-order valence-electron chi connectivity index (χ0n) is 14.1. The predicted molar refractivity (Wildman–Crippen MR) is 107 cm³/mol. The Kier molecular flexibility index (Phi) is 5.91. The molecule has 0 unspecified atom stereocenters. The second-order valence-electron chi connectivity index (χ2n) is 5.28. The van der Waals surface area contributed by atoms with E-state index >= 15 is 0 Å². The van der Waals surface area contributed by atoms with Crippen LogP contribution in [0.2, 0.25) is 15.1 Å². The highest BCUT2D eigenvalue weighted by molar-refractivity contribution is 6.48. The molecule has 8 heteroatoms. The van der Waals surface area contributed by atoms with Crippen LogP contribution in [0.3, 0.4) is 0 Å².